The largest absolute Gasteiger partial charge is 0.303 e. The first kappa shape index (κ1) is 8.51. The van der Waals surface area contributed by atoms with E-state index in [-0.39, 0.29) is 18.1 Å². The van der Waals surface area contributed by atoms with E-state index in [1.807, 2.05) is 0 Å². The van der Waals surface area contributed by atoms with E-state index < -0.39 is 0 Å². The van der Waals surface area contributed by atoms with Crippen LogP contribution in [0.3, 0.4) is 0 Å². The minimum Gasteiger partial charge on any atom is -0.303 e. The van der Waals surface area contributed by atoms with Crippen molar-refractivity contribution < 1.29 is 0 Å². The fourth-order valence-electron chi connectivity index (χ4n) is 1.31. The van der Waals surface area contributed by atoms with Gasteiger partial charge < -0.3 is 5.32 Å². The van der Waals surface area contributed by atoms with E-state index in [1.54, 1.807) is 0 Å². The Bertz CT molecular complexity index is 204. The van der Waals surface area contributed by atoms with Gasteiger partial charge in [0.25, 0.3) is 0 Å². The number of rotatable bonds is 2. The summed E-state index contributed by atoms with van der Waals surface area (Å²) in [5.74, 6) is 2.54. The van der Waals surface area contributed by atoms with Gasteiger partial charge in [0.1, 0.15) is 0 Å². The number of terminal acetylenes is 1. The summed E-state index contributed by atoms with van der Waals surface area (Å²) in [7, 11) is 0. The molecule has 60 valence electrons. The fourth-order valence-corrected chi connectivity index (χ4v) is 1.31. The van der Waals surface area contributed by atoms with Crippen LogP contribution < -0.4 is 5.32 Å². The fraction of sp³-hybridized carbons (Fsp3) is 0.714. The number of halogens is 1. The summed E-state index contributed by atoms with van der Waals surface area (Å²) in [6.07, 6.45) is 7.18. The standard InChI is InChI=1S/C7H9N3.ClH/c1-2-3-8-6-4-7(5-6)9-10-7;/h1,6,8H,3-5H2;1H. The van der Waals surface area contributed by atoms with Crippen LogP contribution in [0.1, 0.15) is 12.8 Å². The van der Waals surface area contributed by atoms with Crippen LogP contribution in [0.15, 0.2) is 10.2 Å². The lowest BCUT2D eigenvalue weighted by atomic mass is 9.83. The monoisotopic (exact) mass is 171 g/mol. The Hall–Kier alpha value is -0.590. The number of hydrogen-bond acceptors (Lipinski definition) is 3. The van der Waals surface area contributed by atoms with Gasteiger partial charge >= 0.3 is 0 Å². The van der Waals surface area contributed by atoms with Gasteiger partial charge in [-0.25, -0.2) is 0 Å². The van der Waals surface area contributed by atoms with E-state index in [0.29, 0.717) is 12.6 Å². The summed E-state index contributed by atoms with van der Waals surface area (Å²) < 4.78 is 0. The van der Waals surface area contributed by atoms with Crippen LogP contribution in [0.2, 0.25) is 0 Å². The lowest BCUT2D eigenvalue weighted by Crippen LogP contribution is -2.46. The molecule has 3 nitrogen and oxygen atoms in total. The average Bonchev–Trinajstić information content (AvgIpc) is 2.59. The molecule has 2 rings (SSSR count). The number of hydrogen-bond donors (Lipinski definition) is 1. The highest BCUT2D eigenvalue weighted by Crippen LogP contribution is 2.46. The van der Waals surface area contributed by atoms with Crippen molar-refractivity contribution in [1.29, 1.82) is 0 Å². The Morgan fingerprint density at radius 1 is 1.55 bits per heavy atom. The molecule has 1 fully saturated rings. The molecule has 11 heavy (non-hydrogen) atoms. The van der Waals surface area contributed by atoms with Crippen molar-refractivity contribution in [3.63, 3.8) is 0 Å². The van der Waals surface area contributed by atoms with E-state index in [9.17, 15) is 0 Å². The molecule has 0 saturated heterocycles. The molecule has 0 aromatic carbocycles. The van der Waals surface area contributed by atoms with E-state index in [1.165, 1.54) is 0 Å². The van der Waals surface area contributed by atoms with Crippen LogP contribution in [-0.4, -0.2) is 18.2 Å². The maximum atomic E-state index is 5.08. The summed E-state index contributed by atoms with van der Waals surface area (Å²) >= 11 is 0. The smallest absolute Gasteiger partial charge is 0.193 e. The minimum absolute atomic E-state index is 0. The Labute approximate surface area is 72.1 Å². The summed E-state index contributed by atoms with van der Waals surface area (Å²) in [6.45, 7) is 0.667. The highest BCUT2D eigenvalue weighted by Gasteiger charge is 2.52. The lowest BCUT2D eigenvalue weighted by molar-refractivity contribution is 0.260. The molecule has 1 aliphatic heterocycles. The topological polar surface area (TPSA) is 36.8 Å². The van der Waals surface area contributed by atoms with Crippen molar-refractivity contribution >= 4 is 12.4 Å². The maximum absolute atomic E-state index is 5.08. The van der Waals surface area contributed by atoms with E-state index in [0.717, 1.165) is 12.8 Å². The first-order valence-corrected chi connectivity index (χ1v) is 3.46. The molecule has 0 atom stereocenters. The van der Waals surface area contributed by atoms with Crippen molar-refractivity contribution in [3.8, 4) is 12.3 Å². The Balaban J connectivity index is 0.000000605. The van der Waals surface area contributed by atoms with Crippen LogP contribution in [-0.2, 0) is 0 Å². The van der Waals surface area contributed by atoms with Crippen molar-refractivity contribution in [3.05, 3.63) is 0 Å². The molecule has 1 N–H and O–H groups in total. The molecule has 0 aromatic rings. The third kappa shape index (κ3) is 1.52. The molecule has 0 bridgehead atoms. The molecule has 1 spiro atoms. The molecule has 0 amide bonds. The molecule has 4 heteroatoms. The van der Waals surface area contributed by atoms with Crippen LogP contribution in [0.25, 0.3) is 0 Å². The zero-order valence-corrected chi connectivity index (χ0v) is 6.90. The predicted molar refractivity (Wildman–Crippen MR) is 44.7 cm³/mol. The molecule has 1 aliphatic carbocycles. The average molecular weight is 172 g/mol. The van der Waals surface area contributed by atoms with Crippen molar-refractivity contribution in [1.82, 2.24) is 5.32 Å². The molecule has 1 saturated carbocycles. The molecule has 0 aromatic heterocycles. The van der Waals surface area contributed by atoms with Gasteiger partial charge in [0, 0.05) is 18.9 Å². The second-order valence-electron chi connectivity index (χ2n) is 2.87. The van der Waals surface area contributed by atoms with Gasteiger partial charge in [0.2, 0.25) is 0 Å². The zero-order valence-electron chi connectivity index (χ0n) is 6.08. The molecule has 1 heterocycles. The molecule has 2 aliphatic rings. The molecular weight excluding hydrogens is 162 g/mol. The van der Waals surface area contributed by atoms with Gasteiger partial charge in [-0.1, -0.05) is 5.92 Å². The second kappa shape index (κ2) is 2.80. The van der Waals surface area contributed by atoms with Gasteiger partial charge in [0.15, 0.2) is 5.66 Å². The van der Waals surface area contributed by atoms with Crippen LogP contribution in [0.4, 0.5) is 0 Å². The Kier molecular flexibility index (Phi) is 2.17. The maximum Gasteiger partial charge on any atom is 0.193 e. The summed E-state index contributed by atoms with van der Waals surface area (Å²) in [5.41, 5.74) is 0.0618. The van der Waals surface area contributed by atoms with E-state index >= 15 is 0 Å². The SMILES string of the molecule is C#CCNC1CC2(C1)N=N2.Cl. The van der Waals surface area contributed by atoms with Crippen LogP contribution >= 0.6 is 12.4 Å². The minimum atomic E-state index is 0. The zero-order chi connectivity index (χ0) is 7.03. The van der Waals surface area contributed by atoms with E-state index in [4.69, 9.17) is 6.42 Å². The lowest BCUT2D eigenvalue weighted by Gasteiger charge is -2.31. The highest BCUT2D eigenvalue weighted by molar-refractivity contribution is 5.85. The molecule has 0 radical (unpaired) electrons. The van der Waals surface area contributed by atoms with Gasteiger partial charge in [-0.3, -0.25) is 0 Å². The van der Waals surface area contributed by atoms with E-state index in [2.05, 4.69) is 21.5 Å². The highest BCUT2D eigenvalue weighted by atomic mass is 35.5. The number of nitrogens with zero attached hydrogens (tertiary/aromatic N) is 2. The predicted octanol–water partition coefficient (Wildman–Crippen LogP) is 0.956. The van der Waals surface area contributed by atoms with Crippen molar-refractivity contribution in [2.75, 3.05) is 6.54 Å². The Morgan fingerprint density at radius 3 is 2.64 bits per heavy atom. The summed E-state index contributed by atoms with van der Waals surface area (Å²) in [4.78, 5) is 0. The van der Waals surface area contributed by atoms with Crippen LogP contribution in [0, 0.1) is 12.3 Å². The van der Waals surface area contributed by atoms with Gasteiger partial charge in [0.05, 0.1) is 6.54 Å². The van der Waals surface area contributed by atoms with Gasteiger partial charge in [-0.2, -0.15) is 10.2 Å². The quantitative estimate of drug-likeness (QED) is 0.618. The van der Waals surface area contributed by atoms with Crippen LogP contribution in [0.5, 0.6) is 0 Å². The Morgan fingerprint density at radius 2 is 2.18 bits per heavy atom. The van der Waals surface area contributed by atoms with Crippen molar-refractivity contribution in [2.24, 2.45) is 10.2 Å². The third-order valence-electron chi connectivity index (χ3n) is 2.02. The van der Waals surface area contributed by atoms with Crippen molar-refractivity contribution in [2.45, 2.75) is 24.5 Å². The normalized spacial score (nSPS) is 23.5. The number of nitrogens with one attached hydrogen (secondary N) is 1. The molecular formula is C7H10ClN3. The first-order valence-electron chi connectivity index (χ1n) is 3.46. The summed E-state index contributed by atoms with van der Waals surface area (Å²) in [6, 6.07) is 0.561. The molecule has 0 unspecified atom stereocenters. The van der Waals surface area contributed by atoms with Gasteiger partial charge in [-0.05, 0) is 0 Å². The summed E-state index contributed by atoms with van der Waals surface area (Å²) in [5, 5.41) is 11.1. The first-order chi connectivity index (χ1) is 4.85. The van der Waals surface area contributed by atoms with Gasteiger partial charge in [-0.15, -0.1) is 18.8 Å². The second-order valence-corrected chi connectivity index (χ2v) is 2.87. The third-order valence-corrected chi connectivity index (χ3v) is 2.02.